The van der Waals surface area contributed by atoms with Gasteiger partial charge in [-0.3, -0.25) is 14.8 Å². The monoisotopic (exact) mass is 343 g/mol. The second-order valence-electron chi connectivity index (χ2n) is 6.11. The average Bonchev–Trinajstić information content (AvgIpc) is 2.65. The normalized spacial score (nSPS) is 17.2. The summed E-state index contributed by atoms with van der Waals surface area (Å²) in [6.07, 6.45) is 1.80. The summed E-state index contributed by atoms with van der Waals surface area (Å²) in [6.45, 7) is 3.96. The first-order valence-electron chi connectivity index (χ1n) is 8.37. The SMILES string of the molecule is COC(=O)[C@@H](c1ccc(F)cc1)N1CCN(Cc2ccccn2)CC1. The molecule has 0 unspecified atom stereocenters. The number of benzene rings is 1. The summed E-state index contributed by atoms with van der Waals surface area (Å²) in [5.74, 6) is -0.627. The summed E-state index contributed by atoms with van der Waals surface area (Å²) in [5.41, 5.74) is 1.80. The van der Waals surface area contributed by atoms with Gasteiger partial charge in [0.05, 0.1) is 12.8 Å². The molecule has 2 aromatic rings. The fourth-order valence-electron chi connectivity index (χ4n) is 3.15. The smallest absolute Gasteiger partial charge is 0.327 e. The largest absolute Gasteiger partial charge is 0.468 e. The summed E-state index contributed by atoms with van der Waals surface area (Å²) in [6, 6.07) is 11.5. The van der Waals surface area contributed by atoms with Crippen LogP contribution >= 0.6 is 0 Å². The van der Waals surface area contributed by atoms with Crippen LogP contribution in [-0.2, 0) is 16.1 Å². The van der Waals surface area contributed by atoms with Crippen molar-refractivity contribution in [3.63, 3.8) is 0 Å². The Morgan fingerprint density at radius 1 is 1.16 bits per heavy atom. The van der Waals surface area contributed by atoms with E-state index in [0.29, 0.717) is 0 Å². The van der Waals surface area contributed by atoms with Crippen LogP contribution in [0.15, 0.2) is 48.7 Å². The van der Waals surface area contributed by atoms with Crippen molar-refractivity contribution in [2.75, 3.05) is 33.3 Å². The molecule has 3 rings (SSSR count). The predicted molar refractivity (Wildman–Crippen MR) is 92.2 cm³/mol. The quantitative estimate of drug-likeness (QED) is 0.779. The molecule has 1 saturated heterocycles. The zero-order valence-corrected chi connectivity index (χ0v) is 14.3. The van der Waals surface area contributed by atoms with E-state index in [1.807, 2.05) is 18.2 Å². The number of ether oxygens (including phenoxy) is 1. The lowest BCUT2D eigenvalue weighted by Crippen LogP contribution is -2.49. The van der Waals surface area contributed by atoms with E-state index >= 15 is 0 Å². The van der Waals surface area contributed by atoms with Crippen LogP contribution in [0.4, 0.5) is 4.39 Å². The van der Waals surface area contributed by atoms with Crippen molar-refractivity contribution in [2.45, 2.75) is 12.6 Å². The molecule has 0 amide bonds. The molecule has 1 atom stereocenters. The van der Waals surface area contributed by atoms with E-state index in [2.05, 4.69) is 14.8 Å². The van der Waals surface area contributed by atoms with Crippen LogP contribution in [0.25, 0.3) is 0 Å². The van der Waals surface area contributed by atoms with Crippen LogP contribution in [0.1, 0.15) is 17.3 Å². The van der Waals surface area contributed by atoms with Gasteiger partial charge in [0.1, 0.15) is 11.9 Å². The number of pyridine rings is 1. The van der Waals surface area contributed by atoms with E-state index in [0.717, 1.165) is 44.0 Å². The van der Waals surface area contributed by atoms with E-state index in [-0.39, 0.29) is 11.8 Å². The summed E-state index contributed by atoms with van der Waals surface area (Å²) in [5, 5.41) is 0. The second kappa shape index (κ2) is 8.18. The predicted octanol–water partition coefficient (Wildman–Crippen LogP) is 2.25. The van der Waals surface area contributed by atoms with Gasteiger partial charge in [-0.15, -0.1) is 0 Å². The third-order valence-electron chi connectivity index (χ3n) is 4.49. The Kier molecular flexibility index (Phi) is 5.73. The highest BCUT2D eigenvalue weighted by Gasteiger charge is 2.31. The van der Waals surface area contributed by atoms with E-state index in [9.17, 15) is 9.18 Å². The number of aromatic nitrogens is 1. The lowest BCUT2D eigenvalue weighted by atomic mass is 10.0. The first-order chi connectivity index (χ1) is 12.2. The second-order valence-corrected chi connectivity index (χ2v) is 6.11. The zero-order chi connectivity index (χ0) is 17.6. The van der Waals surface area contributed by atoms with Gasteiger partial charge in [0.15, 0.2) is 0 Å². The first kappa shape index (κ1) is 17.5. The van der Waals surface area contributed by atoms with Gasteiger partial charge in [0, 0.05) is 38.9 Å². The highest BCUT2D eigenvalue weighted by molar-refractivity contribution is 5.77. The number of nitrogens with zero attached hydrogens (tertiary/aromatic N) is 3. The minimum atomic E-state index is -0.498. The minimum absolute atomic E-state index is 0.312. The lowest BCUT2D eigenvalue weighted by Gasteiger charge is -2.38. The molecule has 1 aliphatic rings. The average molecular weight is 343 g/mol. The Hall–Kier alpha value is -2.31. The molecule has 1 aliphatic heterocycles. The van der Waals surface area contributed by atoms with Gasteiger partial charge in [-0.25, -0.2) is 9.18 Å². The molecule has 1 aromatic heterocycles. The van der Waals surface area contributed by atoms with Crippen molar-refractivity contribution in [2.24, 2.45) is 0 Å². The third-order valence-corrected chi connectivity index (χ3v) is 4.49. The van der Waals surface area contributed by atoms with Gasteiger partial charge >= 0.3 is 5.97 Å². The zero-order valence-electron chi connectivity index (χ0n) is 14.3. The molecular formula is C19H22FN3O2. The van der Waals surface area contributed by atoms with Gasteiger partial charge in [0.2, 0.25) is 0 Å². The fraction of sp³-hybridized carbons (Fsp3) is 0.368. The van der Waals surface area contributed by atoms with Gasteiger partial charge in [-0.1, -0.05) is 18.2 Å². The van der Waals surface area contributed by atoms with Gasteiger partial charge in [0.25, 0.3) is 0 Å². The Labute approximate surface area is 147 Å². The van der Waals surface area contributed by atoms with Crippen LogP contribution in [0.5, 0.6) is 0 Å². The summed E-state index contributed by atoms with van der Waals surface area (Å²) in [4.78, 5) is 21.1. The van der Waals surface area contributed by atoms with Crippen molar-refractivity contribution >= 4 is 5.97 Å². The number of carbonyl (C=O) groups excluding carboxylic acids is 1. The maximum Gasteiger partial charge on any atom is 0.327 e. The number of piperazine rings is 1. The molecule has 2 heterocycles. The number of rotatable bonds is 5. The molecule has 0 saturated carbocycles. The highest BCUT2D eigenvalue weighted by atomic mass is 19.1. The molecular weight excluding hydrogens is 321 g/mol. The van der Waals surface area contributed by atoms with Crippen molar-refractivity contribution in [3.05, 3.63) is 65.7 Å². The van der Waals surface area contributed by atoms with E-state index in [4.69, 9.17) is 4.74 Å². The summed E-state index contributed by atoms with van der Waals surface area (Å²) < 4.78 is 18.2. The first-order valence-corrected chi connectivity index (χ1v) is 8.37. The molecule has 0 N–H and O–H groups in total. The number of methoxy groups -OCH3 is 1. The van der Waals surface area contributed by atoms with Crippen LogP contribution in [0, 0.1) is 5.82 Å². The Bertz CT molecular complexity index is 686. The van der Waals surface area contributed by atoms with Crippen LogP contribution in [-0.4, -0.2) is 54.0 Å². The molecule has 0 radical (unpaired) electrons. The minimum Gasteiger partial charge on any atom is -0.468 e. The highest BCUT2D eigenvalue weighted by Crippen LogP contribution is 2.24. The summed E-state index contributed by atoms with van der Waals surface area (Å²) >= 11 is 0. The van der Waals surface area contributed by atoms with Crippen molar-refractivity contribution < 1.29 is 13.9 Å². The van der Waals surface area contributed by atoms with Crippen molar-refractivity contribution in [1.82, 2.24) is 14.8 Å². The number of carbonyl (C=O) groups is 1. The Morgan fingerprint density at radius 3 is 2.48 bits per heavy atom. The standard InChI is InChI=1S/C19H22FN3O2/c1-25-19(24)18(15-5-7-16(20)8-6-15)23-12-10-22(11-13-23)14-17-4-2-3-9-21-17/h2-9,18H,10-14H2,1H3/t18-/m1/s1. The number of esters is 1. The molecule has 0 spiro atoms. The maximum atomic E-state index is 13.2. The van der Waals surface area contributed by atoms with Gasteiger partial charge < -0.3 is 4.74 Å². The molecule has 0 aliphatic carbocycles. The van der Waals surface area contributed by atoms with Crippen molar-refractivity contribution in [1.29, 1.82) is 0 Å². The number of hydrogen-bond acceptors (Lipinski definition) is 5. The molecule has 1 aromatic carbocycles. The van der Waals surface area contributed by atoms with E-state index in [1.165, 1.54) is 19.2 Å². The molecule has 1 fully saturated rings. The number of halogens is 1. The summed E-state index contributed by atoms with van der Waals surface area (Å²) in [7, 11) is 1.39. The lowest BCUT2D eigenvalue weighted by molar-refractivity contribution is -0.148. The Balaban J connectivity index is 1.66. The molecule has 0 bridgehead atoms. The molecule has 132 valence electrons. The van der Waals surface area contributed by atoms with E-state index in [1.54, 1.807) is 18.3 Å². The Morgan fingerprint density at radius 2 is 1.88 bits per heavy atom. The maximum absolute atomic E-state index is 13.2. The molecule has 25 heavy (non-hydrogen) atoms. The fourth-order valence-corrected chi connectivity index (χ4v) is 3.15. The van der Waals surface area contributed by atoms with Gasteiger partial charge in [-0.2, -0.15) is 0 Å². The molecule has 5 nitrogen and oxygen atoms in total. The topological polar surface area (TPSA) is 45.7 Å². The molecule has 6 heteroatoms. The van der Waals surface area contributed by atoms with Crippen LogP contribution < -0.4 is 0 Å². The third kappa shape index (κ3) is 4.41. The van der Waals surface area contributed by atoms with Gasteiger partial charge in [-0.05, 0) is 29.8 Å². The number of hydrogen-bond donors (Lipinski definition) is 0. The van der Waals surface area contributed by atoms with Crippen LogP contribution in [0.2, 0.25) is 0 Å². The van der Waals surface area contributed by atoms with Crippen LogP contribution in [0.3, 0.4) is 0 Å². The van der Waals surface area contributed by atoms with E-state index < -0.39 is 6.04 Å². The van der Waals surface area contributed by atoms with Crippen molar-refractivity contribution in [3.8, 4) is 0 Å².